The lowest BCUT2D eigenvalue weighted by Gasteiger charge is -2.34. The fraction of sp³-hybridized carbons (Fsp3) is 0.333. The summed E-state index contributed by atoms with van der Waals surface area (Å²) in [6, 6.07) is 14.5. The monoisotopic (exact) mass is 287 g/mol. The molecule has 0 spiro atoms. The summed E-state index contributed by atoms with van der Waals surface area (Å²) >= 11 is 0. The van der Waals surface area contributed by atoms with E-state index in [-0.39, 0.29) is 12.4 Å². The Balaban J connectivity index is 2.34. The standard InChI is InChI=1S/C18H22FNO/c1-3-14-8-10-15(11-9-14)18(4-2,13-21)20-17-7-5-6-16(19)12-17/h5-12,20-21H,3-4,13H2,1-2H3. The molecule has 2 rings (SSSR count). The van der Waals surface area contributed by atoms with Crippen LogP contribution in [0, 0.1) is 5.82 Å². The van der Waals surface area contributed by atoms with Crippen molar-refractivity contribution in [3.63, 3.8) is 0 Å². The third-order valence-corrected chi connectivity index (χ3v) is 4.00. The Morgan fingerprint density at radius 2 is 1.81 bits per heavy atom. The summed E-state index contributed by atoms with van der Waals surface area (Å²) in [5.74, 6) is -0.288. The van der Waals surface area contributed by atoms with Gasteiger partial charge in [0.05, 0.1) is 12.1 Å². The van der Waals surface area contributed by atoms with Crippen LogP contribution in [0.4, 0.5) is 10.1 Å². The molecule has 0 aliphatic rings. The van der Waals surface area contributed by atoms with Crippen LogP contribution < -0.4 is 5.32 Å². The van der Waals surface area contributed by atoms with Crippen molar-refractivity contribution < 1.29 is 9.50 Å². The van der Waals surface area contributed by atoms with Crippen molar-refractivity contribution in [1.82, 2.24) is 0 Å². The van der Waals surface area contributed by atoms with Crippen LogP contribution in [0.25, 0.3) is 0 Å². The van der Waals surface area contributed by atoms with Gasteiger partial charge in [0.25, 0.3) is 0 Å². The number of nitrogens with one attached hydrogen (secondary N) is 1. The highest BCUT2D eigenvalue weighted by atomic mass is 19.1. The van der Waals surface area contributed by atoms with Gasteiger partial charge < -0.3 is 10.4 Å². The molecule has 0 heterocycles. The zero-order valence-electron chi connectivity index (χ0n) is 12.6. The number of aliphatic hydroxyl groups excluding tert-OH is 1. The van der Waals surface area contributed by atoms with Gasteiger partial charge in [-0.05, 0) is 42.2 Å². The molecule has 0 saturated heterocycles. The first-order valence-corrected chi connectivity index (χ1v) is 7.37. The highest BCUT2D eigenvalue weighted by Gasteiger charge is 2.29. The number of halogens is 1. The number of aryl methyl sites for hydroxylation is 1. The van der Waals surface area contributed by atoms with Crippen molar-refractivity contribution >= 4 is 5.69 Å². The third-order valence-electron chi connectivity index (χ3n) is 4.00. The van der Waals surface area contributed by atoms with Crippen LogP contribution in [-0.4, -0.2) is 11.7 Å². The van der Waals surface area contributed by atoms with Gasteiger partial charge in [-0.3, -0.25) is 0 Å². The summed E-state index contributed by atoms with van der Waals surface area (Å²) < 4.78 is 13.3. The predicted molar refractivity (Wildman–Crippen MR) is 84.9 cm³/mol. The molecule has 0 aliphatic carbocycles. The van der Waals surface area contributed by atoms with Gasteiger partial charge in [0.1, 0.15) is 5.82 Å². The second-order valence-corrected chi connectivity index (χ2v) is 5.28. The SMILES string of the molecule is CCc1ccc(C(CC)(CO)Nc2cccc(F)c2)cc1. The van der Waals surface area contributed by atoms with E-state index in [2.05, 4.69) is 24.4 Å². The first-order chi connectivity index (χ1) is 10.1. The third kappa shape index (κ3) is 3.42. The van der Waals surface area contributed by atoms with E-state index in [1.165, 1.54) is 17.7 Å². The van der Waals surface area contributed by atoms with Crippen LogP contribution in [0.2, 0.25) is 0 Å². The number of rotatable bonds is 6. The highest BCUT2D eigenvalue weighted by molar-refractivity contribution is 5.48. The van der Waals surface area contributed by atoms with Gasteiger partial charge in [-0.1, -0.05) is 44.2 Å². The van der Waals surface area contributed by atoms with Crippen molar-refractivity contribution in [1.29, 1.82) is 0 Å². The molecule has 2 aromatic carbocycles. The molecular weight excluding hydrogens is 265 g/mol. The minimum absolute atomic E-state index is 0.0501. The summed E-state index contributed by atoms with van der Waals surface area (Å²) in [6.07, 6.45) is 1.68. The minimum atomic E-state index is -0.597. The topological polar surface area (TPSA) is 32.3 Å². The lowest BCUT2D eigenvalue weighted by molar-refractivity contribution is 0.207. The van der Waals surface area contributed by atoms with Gasteiger partial charge >= 0.3 is 0 Å². The Morgan fingerprint density at radius 3 is 2.33 bits per heavy atom. The first kappa shape index (κ1) is 15.5. The zero-order valence-corrected chi connectivity index (χ0v) is 12.6. The molecule has 0 radical (unpaired) electrons. The molecule has 0 amide bonds. The van der Waals surface area contributed by atoms with Crippen molar-refractivity contribution in [2.75, 3.05) is 11.9 Å². The molecule has 2 aromatic rings. The van der Waals surface area contributed by atoms with Gasteiger partial charge in [-0.2, -0.15) is 0 Å². The van der Waals surface area contributed by atoms with E-state index in [0.29, 0.717) is 12.1 Å². The van der Waals surface area contributed by atoms with Crippen molar-refractivity contribution in [2.24, 2.45) is 0 Å². The van der Waals surface area contributed by atoms with E-state index in [4.69, 9.17) is 0 Å². The highest BCUT2D eigenvalue weighted by Crippen LogP contribution is 2.30. The molecule has 2 nitrogen and oxygen atoms in total. The van der Waals surface area contributed by atoms with Gasteiger partial charge in [0.2, 0.25) is 0 Å². The maximum absolute atomic E-state index is 13.3. The Morgan fingerprint density at radius 1 is 1.10 bits per heavy atom. The van der Waals surface area contributed by atoms with Crippen molar-refractivity contribution in [2.45, 2.75) is 32.2 Å². The van der Waals surface area contributed by atoms with E-state index >= 15 is 0 Å². The second kappa shape index (κ2) is 6.72. The van der Waals surface area contributed by atoms with Crippen LogP contribution in [0.5, 0.6) is 0 Å². The van der Waals surface area contributed by atoms with Crippen LogP contribution >= 0.6 is 0 Å². The summed E-state index contributed by atoms with van der Waals surface area (Å²) in [5, 5.41) is 13.2. The van der Waals surface area contributed by atoms with Crippen molar-refractivity contribution in [3.8, 4) is 0 Å². The Bertz CT molecular complexity index is 576. The Hall–Kier alpha value is -1.87. The lowest BCUT2D eigenvalue weighted by atomic mass is 9.87. The van der Waals surface area contributed by atoms with Gasteiger partial charge in [0.15, 0.2) is 0 Å². The maximum Gasteiger partial charge on any atom is 0.125 e. The van der Waals surface area contributed by atoms with Crippen LogP contribution in [0.3, 0.4) is 0 Å². The number of aliphatic hydroxyl groups is 1. The molecule has 0 saturated carbocycles. The minimum Gasteiger partial charge on any atom is -0.394 e. The molecule has 0 bridgehead atoms. The average Bonchev–Trinajstić information content (AvgIpc) is 2.53. The maximum atomic E-state index is 13.3. The number of hydrogen-bond acceptors (Lipinski definition) is 2. The zero-order chi connectivity index (χ0) is 15.3. The fourth-order valence-electron chi connectivity index (χ4n) is 2.51. The van der Waals surface area contributed by atoms with E-state index in [9.17, 15) is 9.50 Å². The normalized spacial score (nSPS) is 13.7. The molecular formula is C18H22FNO. The molecule has 3 heteroatoms. The average molecular weight is 287 g/mol. The summed E-state index contributed by atoms with van der Waals surface area (Å²) in [6.45, 7) is 4.07. The number of hydrogen-bond donors (Lipinski definition) is 2. The number of anilines is 1. The van der Waals surface area contributed by atoms with Crippen LogP contribution in [-0.2, 0) is 12.0 Å². The number of benzene rings is 2. The molecule has 0 aliphatic heterocycles. The van der Waals surface area contributed by atoms with Crippen LogP contribution in [0.15, 0.2) is 48.5 Å². The van der Waals surface area contributed by atoms with Crippen molar-refractivity contribution in [3.05, 3.63) is 65.5 Å². The molecule has 0 fully saturated rings. The second-order valence-electron chi connectivity index (χ2n) is 5.28. The molecule has 21 heavy (non-hydrogen) atoms. The molecule has 0 aromatic heterocycles. The smallest absolute Gasteiger partial charge is 0.125 e. The van der Waals surface area contributed by atoms with Gasteiger partial charge in [-0.15, -0.1) is 0 Å². The summed E-state index contributed by atoms with van der Waals surface area (Å²) in [5.41, 5.74) is 2.34. The van der Waals surface area contributed by atoms with E-state index in [1.807, 2.05) is 25.1 Å². The molecule has 1 unspecified atom stereocenters. The van der Waals surface area contributed by atoms with Gasteiger partial charge in [0, 0.05) is 5.69 Å². The summed E-state index contributed by atoms with van der Waals surface area (Å²) in [4.78, 5) is 0. The first-order valence-electron chi connectivity index (χ1n) is 7.37. The van der Waals surface area contributed by atoms with E-state index in [1.54, 1.807) is 6.07 Å². The fourth-order valence-corrected chi connectivity index (χ4v) is 2.51. The van der Waals surface area contributed by atoms with Crippen LogP contribution in [0.1, 0.15) is 31.4 Å². The largest absolute Gasteiger partial charge is 0.394 e. The molecule has 1 atom stereocenters. The van der Waals surface area contributed by atoms with Gasteiger partial charge in [-0.25, -0.2) is 4.39 Å². The van der Waals surface area contributed by atoms with E-state index < -0.39 is 5.54 Å². The van der Waals surface area contributed by atoms with E-state index in [0.717, 1.165) is 12.0 Å². The molecule has 2 N–H and O–H groups in total. The summed E-state index contributed by atoms with van der Waals surface area (Å²) in [7, 11) is 0. The Kier molecular flexibility index (Phi) is 4.97. The Labute approximate surface area is 125 Å². The molecule has 112 valence electrons. The quantitative estimate of drug-likeness (QED) is 0.838. The predicted octanol–water partition coefficient (Wildman–Crippen LogP) is 4.10. The lowest BCUT2D eigenvalue weighted by Crippen LogP contribution is -2.38.